The van der Waals surface area contributed by atoms with Crippen LogP contribution in [0.15, 0.2) is 22.7 Å². The summed E-state index contributed by atoms with van der Waals surface area (Å²) < 4.78 is 1.12. The molecule has 1 aromatic carbocycles. The Morgan fingerprint density at radius 3 is 2.71 bits per heavy atom. The van der Waals surface area contributed by atoms with Crippen LogP contribution in [0.4, 0.5) is 0 Å². The first-order valence-corrected chi connectivity index (χ1v) is 6.73. The van der Waals surface area contributed by atoms with E-state index in [2.05, 4.69) is 59.9 Å². The van der Waals surface area contributed by atoms with E-state index in [9.17, 15) is 0 Å². The first-order valence-electron chi connectivity index (χ1n) is 5.94. The van der Waals surface area contributed by atoms with E-state index in [1.807, 2.05) is 0 Å². The van der Waals surface area contributed by atoms with E-state index in [0.717, 1.165) is 10.9 Å². The van der Waals surface area contributed by atoms with Crippen molar-refractivity contribution in [2.45, 2.75) is 32.6 Å². The fourth-order valence-corrected chi connectivity index (χ4v) is 3.02. The van der Waals surface area contributed by atoms with Crippen LogP contribution in [-0.2, 0) is 5.41 Å². The summed E-state index contributed by atoms with van der Waals surface area (Å²) in [4.78, 5) is 3.46. The van der Waals surface area contributed by atoms with Gasteiger partial charge in [-0.2, -0.15) is 0 Å². The van der Waals surface area contributed by atoms with Crippen molar-refractivity contribution < 1.29 is 0 Å². The van der Waals surface area contributed by atoms with Crippen LogP contribution in [0.3, 0.4) is 0 Å². The molecule has 1 aromatic heterocycles. The zero-order valence-corrected chi connectivity index (χ0v) is 12.2. The van der Waals surface area contributed by atoms with Gasteiger partial charge in [-0.05, 0) is 49.1 Å². The Balaban J connectivity index is 2.67. The monoisotopic (exact) mass is 294 g/mol. The normalized spacial score (nSPS) is 12.3. The number of hydrogen-bond acceptors (Lipinski definition) is 1. The minimum atomic E-state index is 0.109. The summed E-state index contributed by atoms with van der Waals surface area (Å²) in [5.74, 6) is 0. The van der Waals surface area contributed by atoms with Gasteiger partial charge in [0.1, 0.15) is 0 Å². The Labute approximate surface area is 111 Å². The maximum absolute atomic E-state index is 5.73. The molecule has 3 N–H and O–H groups in total. The Hall–Kier alpha value is -0.800. The topological polar surface area (TPSA) is 41.8 Å². The molecule has 2 rings (SSSR count). The largest absolute Gasteiger partial charge is 0.358 e. The molecule has 0 aliphatic rings. The number of fused-ring (bicyclic) bond motifs is 1. The number of aromatic nitrogens is 1. The highest BCUT2D eigenvalue weighted by molar-refractivity contribution is 9.10. The second-order valence-corrected chi connectivity index (χ2v) is 6.15. The SMILES string of the molecule is Cc1[nH]c2ccc(Br)cc2c1C(C)(C)CCN. The summed E-state index contributed by atoms with van der Waals surface area (Å²) in [6.45, 7) is 7.38. The van der Waals surface area contributed by atoms with Gasteiger partial charge in [0.25, 0.3) is 0 Å². The standard InChI is InChI=1S/C14H19BrN2/c1-9-13(14(2,3)6-7-16)11-8-10(15)4-5-12(11)17-9/h4-5,8,17H,6-7,16H2,1-3H3. The van der Waals surface area contributed by atoms with Crippen molar-refractivity contribution in [1.82, 2.24) is 4.98 Å². The van der Waals surface area contributed by atoms with Crippen LogP contribution < -0.4 is 5.73 Å². The van der Waals surface area contributed by atoms with E-state index in [-0.39, 0.29) is 5.41 Å². The van der Waals surface area contributed by atoms with Gasteiger partial charge in [0.05, 0.1) is 0 Å². The second-order valence-electron chi connectivity index (χ2n) is 5.24. The molecule has 92 valence electrons. The van der Waals surface area contributed by atoms with Crippen molar-refractivity contribution in [1.29, 1.82) is 0 Å². The van der Waals surface area contributed by atoms with Gasteiger partial charge in [0.15, 0.2) is 0 Å². The lowest BCUT2D eigenvalue weighted by Gasteiger charge is -2.25. The molecule has 0 unspecified atom stereocenters. The van der Waals surface area contributed by atoms with E-state index in [1.54, 1.807) is 0 Å². The molecule has 17 heavy (non-hydrogen) atoms. The molecule has 2 nitrogen and oxygen atoms in total. The third-order valence-electron chi connectivity index (χ3n) is 3.39. The third kappa shape index (κ3) is 2.26. The summed E-state index contributed by atoms with van der Waals surface area (Å²) >= 11 is 3.54. The van der Waals surface area contributed by atoms with Crippen LogP contribution in [0, 0.1) is 6.92 Å². The molecule has 0 spiro atoms. The zero-order valence-electron chi connectivity index (χ0n) is 10.6. The molecule has 0 fully saturated rings. The van der Waals surface area contributed by atoms with Crippen molar-refractivity contribution >= 4 is 26.8 Å². The lowest BCUT2D eigenvalue weighted by atomic mass is 9.80. The molecule has 0 amide bonds. The van der Waals surface area contributed by atoms with Gasteiger partial charge in [-0.15, -0.1) is 0 Å². The van der Waals surface area contributed by atoms with Gasteiger partial charge >= 0.3 is 0 Å². The summed E-state index contributed by atoms with van der Waals surface area (Å²) in [6, 6.07) is 6.37. The molecular weight excluding hydrogens is 276 g/mol. The van der Waals surface area contributed by atoms with Crippen molar-refractivity contribution in [2.24, 2.45) is 5.73 Å². The number of aryl methyl sites for hydroxylation is 1. The Morgan fingerprint density at radius 2 is 2.06 bits per heavy atom. The predicted molar refractivity (Wildman–Crippen MR) is 77.4 cm³/mol. The molecule has 0 radical (unpaired) electrons. The second kappa shape index (κ2) is 4.46. The third-order valence-corrected chi connectivity index (χ3v) is 3.89. The summed E-state index contributed by atoms with van der Waals surface area (Å²) in [6.07, 6.45) is 0.993. The quantitative estimate of drug-likeness (QED) is 0.887. The fraction of sp³-hybridized carbons (Fsp3) is 0.429. The lowest BCUT2D eigenvalue weighted by molar-refractivity contribution is 0.489. The van der Waals surface area contributed by atoms with Crippen molar-refractivity contribution in [3.05, 3.63) is 33.9 Å². The molecule has 0 atom stereocenters. The first-order chi connectivity index (χ1) is 7.95. The van der Waals surface area contributed by atoms with E-state index in [0.29, 0.717) is 6.54 Å². The van der Waals surface area contributed by atoms with Gasteiger partial charge in [-0.3, -0.25) is 0 Å². The number of nitrogens with one attached hydrogen (secondary N) is 1. The minimum Gasteiger partial charge on any atom is -0.358 e. The number of H-pyrrole nitrogens is 1. The van der Waals surface area contributed by atoms with Crippen molar-refractivity contribution in [3.8, 4) is 0 Å². The van der Waals surface area contributed by atoms with E-state index >= 15 is 0 Å². The van der Waals surface area contributed by atoms with Crippen LogP contribution in [0.25, 0.3) is 10.9 Å². The highest BCUT2D eigenvalue weighted by atomic mass is 79.9. The fourth-order valence-electron chi connectivity index (χ4n) is 2.66. The Morgan fingerprint density at radius 1 is 1.35 bits per heavy atom. The minimum absolute atomic E-state index is 0.109. The number of aromatic amines is 1. The molecule has 0 aliphatic carbocycles. The number of benzene rings is 1. The highest BCUT2D eigenvalue weighted by Crippen LogP contribution is 2.36. The predicted octanol–water partition coefficient (Wildman–Crippen LogP) is 3.87. The van der Waals surface area contributed by atoms with Crippen LogP contribution in [0.5, 0.6) is 0 Å². The van der Waals surface area contributed by atoms with Gasteiger partial charge in [0.2, 0.25) is 0 Å². The Kier molecular flexibility index (Phi) is 3.32. The number of hydrogen-bond donors (Lipinski definition) is 2. The molecule has 0 aliphatic heterocycles. The molecule has 1 heterocycles. The van der Waals surface area contributed by atoms with Gasteiger partial charge in [-0.1, -0.05) is 29.8 Å². The Bertz CT molecular complexity index is 540. The number of nitrogens with two attached hydrogens (primary N) is 1. The van der Waals surface area contributed by atoms with Gasteiger partial charge < -0.3 is 10.7 Å². The van der Waals surface area contributed by atoms with E-state index in [4.69, 9.17) is 5.73 Å². The molecule has 0 saturated carbocycles. The van der Waals surface area contributed by atoms with Crippen LogP contribution in [0.2, 0.25) is 0 Å². The van der Waals surface area contributed by atoms with E-state index < -0.39 is 0 Å². The van der Waals surface area contributed by atoms with Crippen LogP contribution in [-0.4, -0.2) is 11.5 Å². The molecule has 2 aromatic rings. The van der Waals surface area contributed by atoms with Crippen molar-refractivity contribution in [2.75, 3.05) is 6.54 Å². The summed E-state index contributed by atoms with van der Waals surface area (Å²) in [5.41, 5.74) is 9.67. The van der Waals surface area contributed by atoms with E-state index in [1.165, 1.54) is 22.2 Å². The first kappa shape index (κ1) is 12.7. The van der Waals surface area contributed by atoms with Gasteiger partial charge in [0, 0.05) is 21.1 Å². The van der Waals surface area contributed by atoms with Crippen molar-refractivity contribution in [3.63, 3.8) is 0 Å². The maximum Gasteiger partial charge on any atom is 0.0459 e. The molecule has 0 bridgehead atoms. The lowest BCUT2D eigenvalue weighted by Crippen LogP contribution is -2.22. The average molecular weight is 295 g/mol. The van der Waals surface area contributed by atoms with Crippen LogP contribution in [0.1, 0.15) is 31.5 Å². The molecule has 3 heteroatoms. The average Bonchev–Trinajstić information content (AvgIpc) is 2.53. The van der Waals surface area contributed by atoms with Gasteiger partial charge in [-0.25, -0.2) is 0 Å². The number of halogens is 1. The summed E-state index contributed by atoms with van der Waals surface area (Å²) in [5, 5.41) is 1.30. The number of rotatable bonds is 3. The summed E-state index contributed by atoms with van der Waals surface area (Å²) in [7, 11) is 0. The smallest absolute Gasteiger partial charge is 0.0459 e. The zero-order chi connectivity index (χ0) is 12.6. The molecular formula is C14H19BrN2. The van der Waals surface area contributed by atoms with Crippen LogP contribution >= 0.6 is 15.9 Å². The molecule has 0 saturated heterocycles. The maximum atomic E-state index is 5.73. The highest BCUT2D eigenvalue weighted by Gasteiger charge is 2.25.